The fraction of sp³-hybridized carbons (Fsp3) is 0.389. The van der Waals surface area contributed by atoms with Gasteiger partial charge in [0.2, 0.25) is 5.95 Å². The Labute approximate surface area is 142 Å². The van der Waals surface area contributed by atoms with Gasteiger partial charge in [0.05, 0.1) is 0 Å². The van der Waals surface area contributed by atoms with E-state index in [1.807, 2.05) is 49.3 Å². The highest BCUT2D eigenvalue weighted by molar-refractivity contribution is 5.95. The van der Waals surface area contributed by atoms with Gasteiger partial charge in [0.1, 0.15) is 0 Å². The molecule has 1 fully saturated rings. The molecule has 24 heavy (non-hydrogen) atoms. The molecule has 0 aliphatic carbocycles. The van der Waals surface area contributed by atoms with Crippen molar-refractivity contribution >= 4 is 17.5 Å². The molecule has 1 N–H and O–H groups in total. The molecular weight excluding hydrogens is 302 g/mol. The van der Waals surface area contributed by atoms with Crippen LogP contribution in [-0.2, 0) is 0 Å². The molecule has 1 amide bonds. The summed E-state index contributed by atoms with van der Waals surface area (Å²) in [6.07, 6.45) is 5.32. The number of anilines is 2. The van der Waals surface area contributed by atoms with Gasteiger partial charge in [0.25, 0.3) is 5.91 Å². The van der Waals surface area contributed by atoms with Gasteiger partial charge in [-0.1, -0.05) is 6.07 Å². The van der Waals surface area contributed by atoms with Crippen LogP contribution < -0.4 is 15.1 Å². The van der Waals surface area contributed by atoms with E-state index < -0.39 is 0 Å². The molecule has 0 spiro atoms. The summed E-state index contributed by atoms with van der Waals surface area (Å²) in [5.74, 6) is 0.758. The summed E-state index contributed by atoms with van der Waals surface area (Å²) in [4.78, 5) is 25.2. The van der Waals surface area contributed by atoms with E-state index in [-0.39, 0.29) is 11.9 Å². The lowest BCUT2D eigenvalue weighted by Gasteiger charge is -2.32. The first-order chi connectivity index (χ1) is 11.6. The summed E-state index contributed by atoms with van der Waals surface area (Å²) in [5, 5.41) is 3.15. The number of hydrogen-bond acceptors (Lipinski definition) is 5. The Morgan fingerprint density at radius 1 is 1.17 bits per heavy atom. The van der Waals surface area contributed by atoms with Gasteiger partial charge in [0.15, 0.2) is 0 Å². The van der Waals surface area contributed by atoms with Crippen molar-refractivity contribution in [1.82, 2.24) is 15.3 Å². The SMILES string of the molecule is CN(C)c1cccc(C(=O)NC2CCN(c3ncccn3)CC2)c1. The number of rotatable bonds is 4. The number of hydrogen-bond donors (Lipinski definition) is 1. The second-order valence-corrected chi connectivity index (χ2v) is 6.23. The topological polar surface area (TPSA) is 61.4 Å². The first-order valence-corrected chi connectivity index (χ1v) is 8.24. The molecule has 1 aliphatic heterocycles. The summed E-state index contributed by atoms with van der Waals surface area (Å²) in [6.45, 7) is 1.71. The van der Waals surface area contributed by atoms with E-state index in [0.29, 0.717) is 5.56 Å². The summed E-state index contributed by atoms with van der Waals surface area (Å²) < 4.78 is 0. The maximum Gasteiger partial charge on any atom is 0.251 e. The van der Waals surface area contributed by atoms with E-state index in [4.69, 9.17) is 0 Å². The van der Waals surface area contributed by atoms with Crippen LogP contribution in [0, 0.1) is 0 Å². The highest BCUT2D eigenvalue weighted by atomic mass is 16.1. The Bertz CT molecular complexity index is 681. The van der Waals surface area contributed by atoms with Crippen molar-refractivity contribution in [3.05, 3.63) is 48.3 Å². The van der Waals surface area contributed by atoms with Gasteiger partial charge >= 0.3 is 0 Å². The molecule has 2 aromatic rings. The van der Waals surface area contributed by atoms with E-state index in [2.05, 4.69) is 20.2 Å². The van der Waals surface area contributed by atoms with E-state index in [1.54, 1.807) is 12.4 Å². The molecule has 0 atom stereocenters. The summed E-state index contributed by atoms with van der Waals surface area (Å²) in [6, 6.07) is 9.70. The lowest BCUT2D eigenvalue weighted by atomic mass is 10.0. The van der Waals surface area contributed by atoms with E-state index in [1.165, 1.54) is 0 Å². The molecule has 1 aromatic carbocycles. The Balaban J connectivity index is 1.56. The monoisotopic (exact) mass is 325 g/mol. The number of nitrogens with one attached hydrogen (secondary N) is 1. The van der Waals surface area contributed by atoms with Crippen LogP contribution in [0.4, 0.5) is 11.6 Å². The largest absolute Gasteiger partial charge is 0.378 e. The Morgan fingerprint density at radius 3 is 2.54 bits per heavy atom. The van der Waals surface area contributed by atoms with Crippen LogP contribution in [0.25, 0.3) is 0 Å². The molecule has 3 rings (SSSR count). The molecule has 1 aliphatic rings. The standard InChI is InChI=1S/C18H23N5O/c1-22(2)16-6-3-5-14(13-16)17(24)21-15-7-11-23(12-8-15)18-19-9-4-10-20-18/h3-6,9-10,13,15H,7-8,11-12H2,1-2H3,(H,21,24). The number of piperidine rings is 1. The smallest absolute Gasteiger partial charge is 0.251 e. The van der Waals surface area contributed by atoms with E-state index >= 15 is 0 Å². The minimum absolute atomic E-state index is 0.00638. The molecule has 0 unspecified atom stereocenters. The molecule has 126 valence electrons. The van der Waals surface area contributed by atoms with Crippen molar-refractivity contribution in [3.63, 3.8) is 0 Å². The van der Waals surface area contributed by atoms with Gasteiger partial charge in [-0.05, 0) is 37.1 Å². The van der Waals surface area contributed by atoms with Crippen LogP contribution >= 0.6 is 0 Å². The molecule has 1 aromatic heterocycles. The van der Waals surface area contributed by atoms with Gasteiger partial charge in [-0.15, -0.1) is 0 Å². The Morgan fingerprint density at radius 2 is 1.88 bits per heavy atom. The van der Waals surface area contributed by atoms with Crippen LogP contribution in [-0.4, -0.2) is 49.1 Å². The first kappa shape index (κ1) is 16.2. The molecule has 1 saturated heterocycles. The number of nitrogens with zero attached hydrogens (tertiary/aromatic N) is 4. The van der Waals surface area contributed by atoms with Gasteiger partial charge in [-0.3, -0.25) is 4.79 Å². The summed E-state index contributed by atoms with van der Waals surface area (Å²) in [7, 11) is 3.94. The number of carbonyl (C=O) groups is 1. The Hall–Kier alpha value is -2.63. The second-order valence-electron chi connectivity index (χ2n) is 6.23. The first-order valence-electron chi connectivity index (χ1n) is 8.24. The van der Waals surface area contributed by atoms with E-state index in [9.17, 15) is 4.79 Å². The third kappa shape index (κ3) is 3.82. The number of aromatic nitrogens is 2. The molecule has 2 heterocycles. The summed E-state index contributed by atoms with van der Waals surface area (Å²) >= 11 is 0. The predicted octanol–water partition coefficient (Wildman–Crippen LogP) is 1.94. The van der Waals surface area contributed by atoms with Crippen molar-refractivity contribution < 1.29 is 4.79 Å². The van der Waals surface area contributed by atoms with Crippen molar-refractivity contribution in [2.75, 3.05) is 37.0 Å². The van der Waals surface area contributed by atoms with E-state index in [0.717, 1.165) is 37.6 Å². The van der Waals surface area contributed by atoms with Crippen LogP contribution in [0.3, 0.4) is 0 Å². The summed E-state index contributed by atoms with van der Waals surface area (Å²) in [5.41, 5.74) is 1.73. The zero-order valence-electron chi connectivity index (χ0n) is 14.1. The lowest BCUT2D eigenvalue weighted by molar-refractivity contribution is 0.0931. The van der Waals surface area contributed by atoms with Crippen LogP contribution in [0.15, 0.2) is 42.7 Å². The predicted molar refractivity (Wildman–Crippen MR) is 95.5 cm³/mol. The highest BCUT2D eigenvalue weighted by Gasteiger charge is 2.22. The van der Waals surface area contributed by atoms with Gasteiger partial charge in [-0.25, -0.2) is 9.97 Å². The highest BCUT2D eigenvalue weighted by Crippen LogP contribution is 2.17. The van der Waals surface area contributed by atoms with Crippen LogP contribution in [0.1, 0.15) is 23.2 Å². The molecule has 0 saturated carbocycles. The zero-order chi connectivity index (χ0) is 16.9. The zero-order valence-corrected chi connectivity index (χ0v) is 14.1. The number of benzene rings is 1. The molecule has 0 radical (unpaired) electrons. The molecule has 0 bridgehead atoms. The minimum Gasteiger partial charge on any atom is -0.378 e. The average Bonchev–Trinajstić information content (AvgIpc) is 2.63. The fourth-order valence-electron chi connectivity index (χ4n) is 2.87. The normalized spacial score (nSPS) is 15.2. The van der Waals surface area contributed by atoms with Gasteiger partial charge < -0.3 is 15.1 Å². The maximum atomic E-state index is 12.5. The van der Waals surface area contributed by atoms with Crippen LogP contribution in [0.5, 0.6) is 0 Å². The maximum absolute atomic E-state index is 12.5. The lowest BCUT2D eigenvalue weighted by Crippen LogP contribution is -2.45. The van der Waals surface area contributed by atoms with Crippen molar-refractivity contribution in [3.8, 4) is 0 Å². The minimum atomic E-state index is -0.00638. The fourth-order valence-corrected chi connectivity index (χ4v) is 2.87. The third-order valence-electron chi connectivity index (χ3n) is 4.29. The Kier molecular flexibility index (Phi) is 4.93. The molecule has 6 nitrogen and oxygen atoms in total. The van der Waals surface area contributed by atoms with Crippen molar-refractivity contribution in [1.29, 1.82) is 0 Å². The van der Waals surface area contributed by atoms with Crippen LogP contribution in [0.2, 0.25) is 0 Å². The number of amides is 1. The van der Waals surface area contributed by atoms with Crippen molar-refractivity contribution in [2.45, 2.75) is 18.9 Å². The van der Waals surface area contributed by atoms with Crippen molar-refractivity contribution in [2.24, 2.45) is 0 Å². The molecule has 6 heteroatoms. The quantitative estimate of drug-likeness (QED) is 0.931. The third-order valence-corrected chi connectivity index (χ3v) is 4.29. The van der Waals surface area contributed by atoms with Gasteiger partial charge in [-0.2, -0.15) is 0 Å². The number of carbonyl (C=O) groups excluding carboxylic acids is 1. The second kappa shape index (κ2) is 7.29. The molecular formula is C18H23N5O. The van der Waals surface area contributed by atoms with Gasteiger partial charge in [0, 0.05) is 56.9 Å². The average molecular weight is 325 g/mol.